The predicted octanol–water partition coefficient (Wildman–Crippen LogP) is 4.91. The molecule has 1 aromatic carbocycles. The summed E-state index contributed by atoms with van der Waals surface area (Å²) in [5, 5.41) is 26.3. The number of anilines is 1. The van der Waals surface area contributed by atoms with E-state index in [1.54, 1.807) is 24.7 Å². The Balaban J connectivity index is 1.24. The third-order valence-electron chi connectivity index (χ3n) is 7.69. The molecule has 0 spiro atoms. The number of phenols is 1. The summed E-state index contributed by atoms with van der Waals surface area (Å²) in [5.74, 6) is 2.16. The Bertz CT molecular complexity index is 1100. The van der Waals surface area contributed by atoms with Crippen LogP contribution in [0.15, 0.2) is 36.8 Å². The van der Waals surface area contributed by atoms with Crippen LogP contribution < -0.4 is 4.90 Å². The lowest BCUT2D eigenvalue weighted by atomic mass is 9.79. The van der Waals surface area contributed by atoms with Gasteiger partial charge in [-0.3, -0.25) is 5.10 Å². The van der Waals surface area contributed by atoms with Crippen LogP contribution in [-0.2, 0) is 0 Å². The van der Waals surface area contributed by atoms with E-state index in [-0.39, 0.29) is 11.7 Å². The van der Waals surface area contributed by atoms with Crippen LogP contribution in [-0.4, -0.2) is 48.7 Å². The molecule has 3 aromatic rings. The molecule has 6 rings (SSSR count). The van der Waals surface area contributed by atoms with Crippen LogP contribution in [0.25, 0.3) is 22.5 Å². The lowest BCUT2D eigenvalue weighted by Gasteiger charge is -2.34. The summed E-state index contributed by atoms with van der Waals surface area (Å²) >= 11 is 0. The van der Waals surface area contributed by atoms with E-state index in [1.165, 1.54) is 0 Å². The normalized spacial score (nSPS) is 27.2. The number of benzene rings is 1. The van der Waals surface area contributed by atoms with Gasteiger partial charge in [-0.25, -0.2) is 9.37 Å². The lowest BCUT2D eigenvalue weighted by molar-refractivity contribution is 0.130. The lowest BCUT2D eigenvalue weighted by Crippen LogP contribution is -2.39. The van der Waals surface area contributed by atoms with E-state index in [0.29, 0.717) is 29.4 Å². The first-order valence-corrected chi connectivity index (χ1v) is 12.1. The van der Waals surface area contributed by atoms with Crippen molar-refractivity contribution in [2.45, 2.75) is 69.6 Å². The fraction of sp³-hybridized carbons (Fsp3) is 0.520. The first-order valence-electron chi connectivity index (χ1n) is 12.1. The molecule has 2 N–H and O–H groups in total. The molecule has 8 heteroatoms. The van der Waals surface area contributed by atoms with Crippen LogP contribution in [0.4, 0.5) is 10.2 Å². The summed E-state index contributed by atoms with van der Waals surface area (Å²) in [6.45, 7) is 0. The number of nitrogens with zero attached hydrogens (tertiary/aromatic N) is 5. The number of aromatic nitrogens is 5. The van der Waals surface area contributed by atoms with Gasteiger partial charge in [0.2, 0.25) is 0 Å². The minimum absolute atomic E-state index is 0.110. The third kappa shape index (κ3) is 4.07. The number of hydrogen-bond acceptors (Lipinski definition) is 6. The van der Waals surface area contributed by atoms with Crippen molar-refractivity contribution in [3.8, 4) is 28.3 Å². The van der Waals surface area contributed by atoms with Crippen molar-refractivity contribution < 1.29 is 9.50 Å². The Morgan fingerprint density at radius 1 is 0.939 bits per heavy atom. The number of H-pyrrole nitrogens is 1. The Morgan fingerprint density at radius 3 is 2.55 bits per heavy atom. The third-order valence-corrected chi connectivity index (χ3v) is 7.69. The highest BCUT2D eigenvalue weighted by atomic mass is 19.1. The summed E-state index contributed by atoms with van der Waals surface area (Å²) in [7, 11) is 0. The molecule has 2 heterocycles. The molecule has 3 saturated carbocycles. The van der Waals surface area contributed by atoms with E-state index < -0.39 is 6.17 Å². The molecule has 3 fully saturated rings. The second kappa shape index (κ2) is 8.39. The maximum atomic E-state index is 14.3. The van der Waals surface area contributed by atoms with Gasteiger partial charge in [-0.05, 0) is 80.9 Å². The molecule has 2 aromatic heterocycles. The van der Waals surface area contributed by atoms with Crippen LogP contribution in [0.3, 0.4) is 0 Å². The number of alkyl halides is 1. The molecule has 0 amide bonds. The minimum Gasteiger partial charge on any atom is -0.507 e. The van der Waals surface area contributed by atoms with Crippen LogP contribution in [0.5, 0.6) is 5.75 Å². The average Bonchev–Trinajstić information content (AvgIpc) is 3.54. The molecule has 0 aliphatic heterocycles. The smallest absolute Gasteiger partial charge is 0.185 e. The molecule has 7 nitrogen and oxygen atoms in total. The Kier molecular flexibility index (Phi) is 5.23. The van der Waals surface area contributed by atoms with Gasteiger partial charge >= 0.3 is 0 Å². The van der Waals surface area contributed by atoms with E-state index in [2.05, 4.69) is 30.3 Å². The fourth-order valence-electron chi connectivity index (χ4n) is 5.84. The highest BCUT2D eigenvalue weighted by molar-refractivity contribution is 5.72. The predicted molar refractivity (Wildman–Crippen MR) is 123 cm³/mol. The van der Waals surface area contributed by atoms with Crippen molar-refractivity contribution in [3.05, 3.63) is 36.8 Å². The van der Waals surface area contributed by atoms with Crippen molar-refractivity contribution in [2.75, 3.05) is 4.90 Å². The standard InChI is InChI=1S/C25H29FN6O/c26-22-8-1-15-9-17(22)2-4-20(10-15)32(19-5-6-19)24-14-27-25(31-30-24)21-7-3-16(11-23(21)33)18-12-28-29-13-18/h3,7,11-15,17,19-20,22,33H,1-2,4-6,8-10H2,(H,28,29)/t15-,17-,20-,22+/m0/s1. The van der Waals surface area contributed by atoms with Crippen LogP contribution in [0.2, 0.25) is 0 Å². The zero-order chi connectivity index (χ0) is 22.4. The van der Waals surface area contributed by atoms with Crippen LogP contribution in [0, 0.1) is 11.8 Å². The van der Waals surface area contributed by atoms with Crippen molar-refractivity contribution in [2.24, 2.45) is 11.8 Å². The minimum atomic E-state index is -0.623. The first kappa shape index (κ1) is 20.6. The zero-order valence-corrected chi connectivity index (χ0v) is 18.6. The molecule has 2 bridgehead atoms. The fourth-order valence-corrected chi connectivity index (χ4v) is 5.84. The Morgan fingerprint density at radius 2 is 1.82 bits per heavy atom. The van der Waals surface area contributed by atoms with Gasteiger partial charge in [0.05, 0.1) is 18.0 Å². The average molecular weight is 449 g/mol. The van der Waals surface area contributed by atoms with Gasteiger partial charge in [0.15, 0.2) is 11.6 Å². The molecule has 172 valence electrons. The van der Waals surface area contributed by atoms with Gasteiger partial charge in [0, 0.05) is 23.8 Å². The van der Waals surface area contributed by atoms with Crippen molar-refractivity contribution in [3.63, 3.8) is 0 Å². The highest BCUT2D eigenvalue weighted by Crippen LogP contribution is 2.44. The largest absolute Gasteiger partial charge is 0.507 e. The molecule has 33 heavy (non-hydrogen) atoms. The molecule has 3 aliphatic carbocycles. The monoisotopic (exact) mass is 448 g/mol. The Hall–Kier alpha value is -3.03. The van der Waals surface area contributed by atoms with Gasteiger partial charge in [0.1, 0.15) is 11.9 Å². The van der Waals surface area contributed by atoms with E-state index >= 15 is 0 Å². The SMILES string of the molecule is Oc1cc(-c2cn[nH]c2)ccc1-c1ncc(N(C2CC2)[C@H]2CC[C@H]3C[C@H](CC[C@H]3F)C2)nn1. The topological polar surface area (TPSA) is 90.8 Å². The highest BCUT2D eigenvalue weighted by Gasteiger charge is 2.41. The van der Waals surface area contributed by atoms with Crippen LogP contribution in [0.1, 0.15) is 51.4 Å². The second-order valence-electron chi connectivity index (χ2n) is 9.92. The number of fused-ring (bicyclic) bond motifs is 2. The van der Waals surface area contributed by atoms with Crippen molar-refractivity contribution in [1.29, 1.82) is 0 Å². The number of nitrogens with one attached hydrogen (secondary N) is 1. The number of halogens is 1. The number of rotatable bonds is 5. The number of hydrogen-bond donors (Lipinski definition) is 2. The molecule has 4 atom stereocenters. The summed E-state index contributed by atoms with van der Waals surface area (Å²) in [4.78, 5) is 6.99. The maximum Gasteiger partial charge on any atom is 0.185 e. The van der Waals surface area contributed by atoms with Gasteiger partial charge in [-0.1, -0.05) is 6.07 Å². The molecule has 0 unspecified atom stereocenters. The molecular formula is C25H29FN6O. The molecule has 0 saturated heterocycles. The van der Waals surface area contributed by atoms with Crippen LogP contribution >= 0.6 is 0 Å². The first-order chi connectivity index (χ1) is 16.2. The van der Waals surface area contributed by atoms with E-state index in [1.807, 2.05) is 12.1 Å². The van der Waals surface area contributed by atoms with Crippen molar-refractivity contribution in [1.82, 2.24) is 25.4 Å². The zero-order valence-electron chi connectivity index (χ0n) is 18.6. The van der Waals surface area contributed by atoms with Crippen molar-refractivity contribution >= 4 is 5.82 Å². The van der Waals surface area contributed by atoms with Gasteiger partial charge in [-0.15, -0.1) is 10.2 Å². The van der Waals surface area contributed by atoms with Gasteiger partial charge in [0.25, 0.3) is 0 Å². The van der Waals surface area contributed by atoms with Gasteiger partial charge in [-0.2, -0.15) is 5.10 Å². The summed E-state index contributed by atoms with van der Waals surface area (Å²) in [6.07, 6.45) is 12.8. The summed E-state index contributed by atoms with van der Waals surface area (Å²) < 4.78 is 14.3. The molecule has 0 radical (unpaired) electrons. The number of phenolic OH excluding ortho intramolecular Hbond substituents is 1. The van der Waals surface area contributed by atoms with E-state index in [0.717, 1.165) is 68.3 Å². The summed E-state index contributed by atoms with van der Waals surface area (Å²) in [5.41, 5.74) is 2.32. The summed E-state index contributed by atoms with van der Waals surface area (Å²) in [6, 6.07) is 6.28. The second-order valence-corrected chi connectivity index (χ2v) is 9.92. The molecule has 3 aliphatic rings. The van der Waals surface area contributed by atoms with Gasteiger partial charge < -0.3 is 10.0 Å². The number of aromatic amines is 1. The van der Waals surface area contributed by atoms with E-state index in [9.17, 15) is 9.50 Å². The number of aromatic hydroxyl groups is 1. The Labute approximate surface area is 192 Å². The maximum absolute atomic E-state index is 14.3. The quantitative estimate of drug-likeness (QED) is 0.576. The van der Waals surface area contributed by atoms with E-state index in [4.69, 9.17) is 0 Å². The molecular weight excluding hydrogens is 419 g/mol.